The molecule has 0 amide bonds. The third-order valence-electron chi connectivity index (χ3n) is 6.42. The molecule has 0 spiro atoms. The van der Waals surface area contributed by atoms with Gasteiger partial charge in [0.05, 0.1) is 0 Å². The Kier molecular flexibility index (Phi) is 7.56. The van der Waals surface area contributed by atoms with Crippen molar-refractivity contribution in [2.24, 2.45) is 0 Å². The van der Waals surface area contributed by atoms with E-state index in [1.165, 1.54) is 45.4 Å². The Morgan fingerprint density at radius 2 is 0.938 bits per heavy atom. The quantitative estimate of drug-likeness (QED) is 0.256. The van der Waals surface area contributed by atoms with Gasteiger partial charge in [-0.1, -0.05) is 123 Å². The number of hydrogen-bond acceptors (Lipinski definition) is 0. The SMILES string of the molecule is CCCc1ccc(-c2ccc(CCc3ccc(C[C@H](C)c4ccccc4)cc3)cc2)cc1. The van der Waals surface area contributed by atoms with E-state index in [1.807, 2.05) is 0 Å². The minimum atomic E-state index is 0.545. The first-order valence-electron chi connectivity index (χ1n) is 12.0. The molecule has 1 atom stereocenters. The molecule has 4 aromatic rings. The van der Waals surface area contributed by atoms with Gasteiger partial charge in [0.15, 0.2) is 0 Å². The van der Waals surface area contributed by atoms with E-state index in [0.717, 1.165) is 25.7 Å². The molecule has 0 bridgehead atoms. The van der Waals surface area contributed by atoms with Crippen LogP contribution < -0.4 is 0 Å². The van der Waals surface area contributed by atoms with E-state index in [1.54, 1.807) is 0 Å². The molecule has 4 rings (SSSR count). The second kappa shape index (κ2) is 11.0. The van der Waals surface area contributed by atoms with Gasteiger partial charge in [-0.15, -0.1) is 0 Å². The number of hydrogen-bond donors (Lipinski definition) is 0. The van der Waals surface area contributed by atoms with Crippen molar-refractivity contribution >= 4 is 0 Å². The van der Waals surface area contributed by atoms with Gasteiger partial charge in [-0.25, -0.2) is 0 Å². The highest BCUT2D eigenvalue weighted by Gasteiger charge is 2.06. The van der Waals surface area contributed by atoms with Gasteiger partial charge in [-0.3, -0.25) is 0 Å². The summed E-state index contributed by atoms with van der Waals surface area (Å²) in [6, 6.07) is 38.1. The van der Waals surface area contributed by atoms with Crippen LogP contribution >= 0.6 is 0 Å². The highest BCUT2D eigenvalue weighted by Crippen LogP contribution is 2.23. The Bertz CT molecular complexity index is 1070. The summed E-state index contributed by atoms with van der Waals surface area (Å²) in [6.45, 7) is 4.54. The molecular formula is C32H34. The van der Waals surface area contributed by atoms with Gasteiger partial charge >= 0.3 is 0 Å². The zero-order valence-electron chi connectivity index (χ0n) is 19.4. The third-order valence-corrected chi connectivity index (χ3v) is 6.42. The first kappa shape index (κ1) is 22.1. The van der Waals surface area contributed by atoms with E-state index in [0.29, 0.717) is 5.92 Å². The van der Waals surface area contributed by atoms with Crippen LogP contribution in [-0.4, -0.2) is 0 Å². The van der Waals surface area contributed by atoms with E-state index in [-0.39, 0.29) is 0 Å². The summed E-state index contributed by atoms with van der Waals surface area (Å²) in [5, 5.41) is 0. The van der Waals surface area contributed by atoms with E-state index >= 15 is 0 Å². The Morgan fingerprint density at radius 1 is 0.500 bits per heavy atom. The predicted molar refractivity (Wildman–Crippen MR) is 138 cm³/mol. The normalized spacial score (nSPS) is 11.9. The Morgan fingerprint density at radius 3 is 1.44 bits per heavy atom. The Labute approximate surface area is 194 Å². The second-order valence-electron chi connectivity index (χ2n) is 8.98. The average Bonchev–Trinajstić information content (AvgIpc) is 2.85. The number of aryl methyl sites for hydroxylation is 3. The number of benzene rings is 4. The van der Waals surface area contributed by atoms with Crippen LogP contribution in [0, 0.1) is 0 Å². The molecule has 32 heavy (non-hydrogen) atoms. The number of rotatable bonds is 9. The van der Waals surface area contributed by atoms with Gasteiger partial charge in [-0.05, 0) is 70.5 Å². The van der Waals surface area contributed by atoms with Crippen molar-refractivity contribution in [3.8, 4) is 11.1 Å². The molecular weight excluding hydrogens is 384 g/mol. The monoisotopic (exact) mass is 418 g/mol. The topological polar surface area (TPSA) is 0 Å². The molecule has 0 heterocycles. The maximum Gasteiger partial charge on any atom is -0.0150 e. The fraction of sp³-hybridized carbons (Fsp3) is 0.250. The van der Waals surface area contributed by atoms with Crippen molar-refractivity contribution in [2.45, 2.75) is 51.9 Å². The summed E-state index contributed by atoms with van der Waals surface area (Å²) in [5.74, 6) is 0.545. The van der Waals surface area contributed by atoms with E-state index in [9.17, 15) is 0 Å². The summed E-state index contributed by atoms with van der Waals surface area (Å²) in [5.41, 5.74) is 9.67. The van der Waals surface area contributed by atoms with Crippen molar-refractivity contribution < 1.29 is 0 Å². The summed E-state index contributed by atoms with van der Waals surface area (Å²) in [6.07, 6.45) is 5.61. The minimum absolute atomic E-state index is 0.545. The van der Waals surface area contributed by atoms with E-state index in [4.69, 9.17) is 0 Å². The maximum atomic E-state index is 2.31. The standard InChI is InChI=1S/C32H34/c1-3-7-26-16-20-31(21-17-26)32-22-18-28(19-23-32)11-10-27-12-14-29(15-13-27)24-25(2)30-8-5-4-6-9-30/h4-6,8-9,12-23,25H,3,7,10-11,24H2,1-2H3/t25-/m0/s1. The molecule has 0 heteroatoms. The summed E-state index contributed by atoms with van der Waals surface area (Å²) >= 11 is 0. The van der Waals surface area contributed by atoms with Crippen molar-refractivity contribution in [2.75, 3.05) is 0 Å². The van der Waals surface area contributed by atoms with Crippen LogP contribution in [0.25, 0.3) is 11.1 Å². The Balaban J connectivity index is 1.30. The van der Waals surface area contributed by atoms with Gasteiger partial charge in [0.2, 0.25) is 0 Å². The zero-order chi connectivity index (χ0) is 22.2. The lowest BCUT2D eigenvalue weighted by molar-refractivity contribution is 0.758. The second-order valence-corrected chi connectivity index (χ2v) is 8.98. The first-order valence-corrected chi connectivity index (χ1v) is 12.0. The first-order chi connectivity index (χ1) is 15.7. The van der Waals surface area contributed by atoms with Crippen molar-refractivity contribution in [3.05, 3.63) is 131 Å². The molecule has 0 unspecified atom stereocenters. The van der Waals surface area contributed by atoms with E-state index in [2.05, 4.69) is 117 Å². The van der Waals surface area contributed by atoms with Crippen LogP contribution in [0.4, 0.5) is 0 Å². The lowest BCUT2D eigenvalue weighted by Gasteiger charge is -2.12. The van der Waals surface area contributed by atoms with Crippen LogP contribution in [0.3, 0.4) is 0 Å². The van der Waals surface area contributed by atoms with E-state index < -0.39 is 0 Å². The smallest absolute Gasteiger partial charge is 0.0150 e. The molecule has 0 aliphatic carbocycles. The molecule has 162 valence electrons. The van der Waals surface area contributed by atoms with Gasteiger partial charge in [0.1, 0.15) is 0 Å². The van der Waals surface area contributed by atoms with Crippen LogP contribution in [0.2, 0.25) is 0 Å². The summed E-state index contributed by atoms with van der Waals surface area (Å²) in [4.78, 5) is 0. The van der Waals surface area contributed by atoms with Gasteiger partial charge < -0.3 is 0 Å². The maximum absolute atomic E-state index is 2.31. The lowest BCUT2D eigenvalue weighted by Crippen LogP contribution is -1.99. The molecule has 0 aromatic heterocycles. The molecule has 0 saturated heterocycles. The van der Waals surface area contributed by atoms with Crippen molar-refractivity contribution in [1.82, 2.24) is 0 Å². The van der Waals surface area contributed by atoms with Gasteiger partial charge in [0.25, 0.3) is 0 Å². The molecule has 0 saturated carbocycles. The Hall–Kier alpha value is -3.12. The molecule has 0 aliphatic heterocycles. The molecule has 0 nitrogen and oxygen atoms in total. The molecule has 4 aromatic carbocycles. The van der Waals surface area contributed by atoms with Gasteiger partial charge in [-0.2, -0.15) is 0 Å². The lowest BCUT2D eigenvalue weighted by atomic mass is 9.93. The van der Waals surface area contributed by atoms with Gasteiger partial charge in [0, 0.05) is 0 Å². The summed E-state index contributed by atoms with van der Waals surface area (Å²) < 4.78 is 0. The fourth-order valence-electron chi connectivity index (χ4n) is 4.40. The van der Waals surface area contributed by atoms with Crippen molar-refractivity contribution in [3.63, 3.8) is 0 Å². The average molecular weight is 419 g/mol. The molecule has 0 N–H and O–H groups in total. The molecule has 0 aliphatic rings. The van der Waals surface area contributed by atoms with Crippen LogP contribution in [0.15, 0.2) is 103 Å². The largest absolute Gasteiger partial charge is 0.0651 e. The molecule has 0 radical (unpaired) electrons. The third kappa shape index (κ3) is 5.98. The predicted octanol–water partition coefficient (Wildman–Crippen LogP) is 8.44. The van der Waals surface area contributed by atoms with Crippen LogP contribution in [0.1, 0.15) is 54.0 Å². The molecule has 0 fully saturated rings. The minimum Gasteiger partial charge on any atom is -0.0651 e. The van der Waals surface area contributed by atoms with Crippen LogP contribution in [0.5, 0.6) is 0 Å². The zero-order valence-corrected chi connectivity index (χ0v) is 19.4. The highest BCUT2D eigenvalue weighted by atomic mass is 14.1. The fourth-order valence-corrected chi connectivity index (χ4v) is 4.40. The van der Waals surface area contributed by atoms with Crippen molar-refractivity contribution in [1.29, 1.82) is 0 Å². The van der Waals surface area contributed by atoms with Crippen LogP contribution in [-0.2, 0) is 25.7 Å². The highest BCUT2D eigenvalue weighted by molar-refractivity contribution is 5.64. The summed E-state index contributed by atoms with van der Waals surface area (Å²) in [7, 11) is 0.